The summed E-state index contributed by atoms with van der Waals surface area (Å²) in [6.45, 7) is 3.23. The first-order valence-corrected chi connectivity index (χ1v) is 10.6. The first-order chi connectivity index (χ1) is 15.5. The number of fused-ring (bicyclic) bond motifs is 1. The predicted octanol–water partition coefficient (Wildman–Crippen LogP) is 3.68. The van der Waals surface area contributed by atoms with E-state index >= 15 is 0 Å². The largest absolute Gasteiger partial charge is 0.352 e. The molecule has 1 aromatic carbocycles. The van der Waals surface area contributed by atoms with Crippen molar-refractivity contribution >= 4 is 28.5 Å². The highest BCUT2D eigenvalue weighted by Crippen LogP contribution is 2.30. The number of rotatable bonds is 4. The number of hydrogen-bond donors (Lipinski definition) is 0. The van der Waals surface area contributed by atoms with Crippen LogP contribution < -0.4 is 4.90 Å². The van der Waals surface area contributed by atoms with E-state index in [0.717, 1.165) is 23.1 Å². The number of halogens is 3. The molecule has 0 radical (unpaired) electrons. The number of benzene rings is 1. The number of pyridine rings is 1. The average Bonchev–Trinajstić information content (AvgIpc) is 3.21. The summed E-state index contributed by atoms with van der Waals surface area (Å²) in [4.78, 5) is 18.1. The van der Waals surface area contributed by atoms with Crippen LogP contribution in [0.4, 0.5) is 14.6 Å². The van der Waals surface area contributed by atoms with Crippen molar-refractivity contribution in [3.63, 3.8) is 0 Å². The van der Waals surface area contributed by atoms with Crippen LogP contribution in [0.5, 0.6) is 0 Å². The van der Waals surface area contributed by atoms with Crippen LogP contribution in [0, 0.1) is 11.6 Å². The zero-order valence-corrected chi connectivity index (χ0v) is 18.1. The molecule has 0 N–H and O–H groups in total. The fraction of sp³-hybridized carbons (Fsp3) is 0.273. The van der Waals surface area contributed by atoms with E-state index in [9.17, 15) is 8.78 Å². The topological polar surface area (TPSA) is 63.0 Å². The van der Waals surface area contributed by atoms with Gasteiger partial charge in [-0.25, -0.2) is 23.7 Å². The Hall–Kier alpha value is -3.17. The number of hydrogen-bond acceptors (Lipinski definition) is 6. The predicted molar refractivity (Wildman–Crippen MR) is 118 cm³/mol. The maximum atomic E-state index is 14.1. The highest BCUT2D eigenvalue weighted by molar-refractivity contribution is 6.29. The molecule has 1 aliphatic rings. The monoisotopic (exact) mass is 455 g/mol. The molecule has 0 amide bonds. The SMILES string of the molecule is Cn1cc(-c2nc3cnc(Cl)cc3nc2N2CCN(Cc3ccc(F)cc3F)CC2)cn1. The van der Waals surface area contributed by atoms with Crippen LogP contribution in [0.3, 0.4) is 0 Å². The molecule has 0 unspecified atom stereocenters. The van der Waals surface area contributed by atoms with Gasteiger partial charge in [0.25, 0.3) is 0 Å². The van der Waals surface area contributed by atoms with Gasteiger partial charge in [0.1, 0.15) is 28.0 Å². The Morgan fingerprint density at radius 3 is 2.53 bits per heavy atom. The Morgan fingerprint density at radius 1 is 1.00 bits per heavy atom. The third-order valence-corrected chi connectivity index (χ3v) is 5.76. The zero-order valence-electron chi connectivity index (χ0n) is 17.3. The maximum absolute atomic E-state index is 14.1. The second-order valence-corrected chi connectivity index (χ2v) is 8.18. The highest BCUT2D eigenvalue weighted by Gasteiger charge is 2.24. The van der Waals surface area contributed by atoms with Gasteiger partial charge in [0.2, 0.25) is 0 Å². The minimum atomic E-state index is -0.566. The van der Waals surface area contributed by atoms with Gasteiger partial charge in [-0.05, 0) is 6.07 Å². The number of anilines is 1. The van der Waals surface area contributed by atoms with E-state index in [1.807, 2.05) is 13.2 Å². The van der Waals surface area contributed by atoms with Crippen molar-refractivity contribution in [3.8, 4) is 11.3 Å². The lowest BCUT2D eigenvalue weighted by Crippen LogP contribution is -2.46. The minimum Gasteiger partial charge on any atom is -0.352 e. The van der Waals surface area contributed by atoms with Gasteiger partial charge in [0, 0.05) is 69.2 Å². The molecule has 1 saturated heterocycles. The molecule has 0 atom stereocenters. The molecule has 164 valence electrons. The van der Waals surface area contributed by atoms with Crippen molar-refractivity contribution in [2.75, 3.05) is 31.1 Å². The first-order valence-electron chi connectivity index (χ1n) is 10.2. The number of aromatic nitrogens is 5. The molecule has 1 aliphatic heterocycles. The molecule has 4 heterocycles. The number of piperazine rings is 1. The molecule has 7 nitrogen and oxygen atoms in total. The Kier molecular flexibility index (Phi) is 5.44. The lowest BCUT2D eigenvalue weighted by molar-refractivity contribution is 0.246. The molecule has 4 aromatic rings. The van der Waals surface area contributed by atoms with Crippen molar-refractivity contribution in [1.82, 2.24) is 29.6 Å². The molecule has 1 fully saturated rings. The lowest BCUT2D eigenvalue weighted by atomic mass is 10.1. The highest BCUT2D eigenvalue weighted by atomic mass is 35.5. The summed E-state index contributed by atoms with van der Waals surface area (Å²) in [5.74, 6) is -0.332. The Labute approximate surface area is 188 Å². The van der Waals surface area contributed by atoms with Crippen LogP contribution in [0.15, 0.2) is 42.9 Å². The molecule has 3 aromatic heterocycles. The van der Waals surface area contributed by atoms with Crippen molar-refractivity contribution in [3.05, 3.63) is 65.2 Å². The first kappa shape index (κ1) is 20.7. The summed E-state index contributed by atoms with van der Waals surface area (Å²) in [7, 11) is 1.85. The van der Waals surface area contributed by atoms with Gasteiger partial charge in [-0.2, -0.15) is 5.10 Å². The molecule has 0 spiro atoms. The van der Waals surface area contributed by atoms with E-state index in [-0.39, 0.29) is 0 Å². The lowest BCUT2D eigenvalue weighted by Gasteiger charge is -2.36. The number of nitrogens with zero attached hydrogens (tertiary/aromatic N) is 7. The van der Waals surface area contributed by atoms with Gasteiger partial charge in [0.05, 0.1) is 17.9 Å². The van der Waals surface area contributed by atoms with Crippen LogP contribution in [0.1, 0.15) is 5.56 Å². The van der Waals surface area contributed by atoms with Crippen molar-refractivity contribution in [2.24, 2.45) is 7.05 Å². The Morgan fingerprint density at radius 2 is 1.81 bits per heavy atom. The molecular weight excluding hydrogens is 436 g/mol. The fourth-order valence-electron chi connectivity index (χ4n) is 3.89. The summed E-state index contributed by atoms with van der Waals surface area (Å²) in [6.07, 6.45) is 5.27. The Balaban J connectivity index is 1.41. The third-order valence-electron chi connectivity index (χ3n) is 5.56. The number of aryl methyl sites for hydroxylation is 1. The molecule has 10 heteroatoms. The Bertz CT molecular complexity index is 1280. The zero-order chi connectivity index (χ0) is 22.2. The molecule has 32 heavy (non-hydrogen) atoms. The average molecular weight is 456 g/mol. The van der Waals surface area contributed by atoms with E-state index in [1.165, 1.54) is 12.1 Å². The van der Waals surface area contributed by atoms with Crippen LogP contribution in [-0.2, 0) is 13.6 Å². The van der Waals surface area contributed by atoms with Gasteiger partial charge in [-0.3, -0.25) is 9.58 Å². The molecule has 0 bridgehead atoms. The second kappa shape index (κ2) is 8.40. The van der Waals surface area contributed by atoms with Gasteiger partial charge in [0.15, 0.2) is 5.82 Å². The van der Waals surface area contributed by atoms with E-state index in [1.54, 1.807) is 23.1 Å². The molecule has 0 saturated carbocycles. The summed E-state index contributed by atoms with van der Waals surface area (Å²) in [6, 6.07) is 5.42. The second-order valence-electron chi connectivity index (χ2n) is 7.79. The van der Waals surface area contributed by atoms with Crippen LogP contribution in [0.25, 0.3) is 22.3 Å². The van der Waals surface area contributed by atoms with Crippen LogP contribution in [0.2, 0.25) is 5.15 Å². The molecular formula is C22H20ClF2N7. The van der Waals surface area contributed by atoms with E-state index < -0.39 is 11.6 Å². The van der Waals surface area contributed by atoms with Gasteiger partial charge >= 0.3 is 0 Å². The molecule has 5 rings (SSSR count). The van der Waals surface area contributed by atoms with Gasteiger partial charge in [-0.1, -0.05) is 17.7 Å². The van der Waals surface area contributed by atoms with E-state index in [0.29, 0.717) is 54.5 Å². The fourth-order valence-corrected chi connectivity index (χ4v) is 4.04. The van der Waals surface area contributed by atoms with E-state index in [4.69, 9.17) is 21.6 Å². The summed E-state index contributed by atoms with van der Waals surface area (Å²) in [5.41, 5.74) is 3.41. The summed E-state index contributed by atoms with van der Waals surface area (Å²) < 4.78 is 29.0. The smallest absolute Gasteiger partial charge is 0.156 e. The minimum absolute atomic E-state index is 0.359. The maximum Gasteiger partial charge on any atom is 0.156 e. The van der Waals surface area contributed by atoms with Crippen molar-refractivity contribution < 1.29 is 8.78 Å². The van der Waals surface area contributed by atoms with Gasteiger partial charge < -0.3 is 4.90 Å². The van der Waals surface area contributed by atoms with Crippen LogP contribution in [-0.4, -0.2) is 55.8 Å². The third kappa shape index (κ3) is 4.13. The summed E-state index contributed by atoms with van der Waals surface area (Å²) in [5, 5.41) is 4.63. The quantitative estimate of drug-likeness (QED) is 0.437. The normalized spacial score (nSPS) is 14.9. The van der Waals surface area contributed by atoms with E-state index in [2.05, 4.69) is 19.9 Å². The summed E-state index contributed by atoms with van der Waals surface area (Å²) >= 11 is 6.07. The van der Waals surface area contributed by atoms with Crippen molar-refractivity contribution in [1.29, 1.82) is 0 Å². The van der Waals surface area contributed by atoms with Crippen LogP contribution >= 0.6 is 11.6 Å². The van der Waals surface area contributed by atoms with Crippen molar-refractivity contribution in [2.45, 2.75) is 6.54 Å². The van der Waals surface area contributed by atoms with Gasteiger partial charge in [-0.15, -0.1) is 0 Å². The molecule has 0 aliphatic carbocycles. The standard InChI is InChI=1S/C22H20ClF2N7/c1-30-12-15(10-27-30)21-22(29-18-9-20(23)26-11-19(18)28-21)32-6-4-31(5-7-32)13-14-2-3-16(24)8-17(14)25/h2-3,8-12H,4-7,13H2,1H3.